The fraction of sp³-hybridized carbons (Fsp3) is 0.500. The Balaban J connectivity index is -0.0000000245. The predicted molar refractivity (Wildman–Crippen MR) is 73.0 cm³/mol. The molecule has 0 rings (SSSR count). The van der Waals surface area contributed by atoms with Crippen LogP contribution < -0.4 is 20.4 Å². The third kappa shape index (κ3) is 1440. The molecule has 0 aliphatic heterocycles. The summed E-state index contributed by atoms with van der Waals surface area (Å²) in [4.78, 5) is 53.6. The summed E-state index contributed by atoms with van der Waals surface area (Å²) >= 11 is 0. The van der Waals surface area contributed by atoms with Crippen LogP contribution in [0.25, 0.3) is 0 Å². The quantitative estimate of drug-likeness (QED) is 0.346. The average Bonchev–Trinajstić information content (AvgIpc) is 2.08. The number of carbonyl (C=O) groups is 6. The summed E-state index contributed by atoms with van der Waals surface area (Å²) in [6, 6.07) is 0. The monoisotopic (exact) mass is 422 g/mol. The van der Waals surface area contributed by atoms with E-state index in [9.17, 15) is 0 Å². The van der Waals surface area contributed by atoms with Crippen LogP contribution in [0.3, 0.4) is 0 Å². The van der Waals surface area contributed by atoms with Crippen molar-refractivity contribution in [3.63, 3.8) is 0 Å². The first kappa shape index (κ1) is 49.5. The van der Waals surface area contributed by atoms with Crippen LogP contribution in [0.2, 0.25) is 0 Å². The zero-order valence-electron chi connectivity index (χ0n) is 15.0. The molecule has 152 valence electrons. The van der Waals surface area contributed by atoms with Crippen LogP contribution in [0.4, 0.5) is 0 Å². The summed E-state index contributed by atoms with van der Waals surface area (Å²) in [6.07, 6.45) is 0. The second kappa shape index (κ2) is 43.3. The van der Waals surface area contributed by atoms with Gasteiger partial charge in [-0.3, -0.25) is 9.59 Å². The molecule has 14 heteroatoms. The fourth-order valence-corrected chi connectivity index (χ4v) is 0. The van der Waals surface area contributed by atoms with Gasteiger partial charge in [0.25, 0.3) is 11.9 Å². The minimum Gasteiger partial charge on any atom is -0.550 e. The van der Waals surface area contributed by atoms with Gasteiger partial charge in [0.05, 0.1) is 0 Å². The third-order valence-corrected chi connectivity index (χ3v) is 0. The number of carboxylic acid groups (broad SMARTS) is 6. The summed E-state index contributed by atoms with van der Waals surface area (Å²) < 4.78 is 0. The minimum atomic E-state index is -1.08. The van der Waals surface area contributed by atoms with E-state index in [1.807, 2.05) is 0 Å². The van der Waals surface area contributed by atoms with E-state index in [2.05, 4.69) is 0 Å². The first-order chi connectivity index (χ1) is 10.4. The van der Waals surface area contributed by atoms with Gasteiger partial charge in [-0.1, -0.05) is 0 Å². The summed E-state index contributed by atoms with van der Waals surface area (Å²) in [5.74, 6) is -6.00. The molecule has 0 radical (unpaired) electrons. The summed E-state index contributed by atoms with van der Waals surface area (Å²) in [7, 11) is 0. The van der Waals surface area contributed by atoms with Crippen LogP contribution in [0.5, 0.6) is 0 Å². The second-order valence-corrected chi connectivity index (χ2v) is 3.00. The molecule has 0 fully saturated rings. The van der Waals surface area contributed by atoms with Crippen molar-refractivity contribution >= 4 is 35.8 Å². The van der Waals surface area contributed by atoms with Crippen molar-refractivity contribution in [3.8, 4) is 0 Å². The number of carbonyl (C=O) groups excluding carboxylic acids is 4. The molecular weight excluding hydrogens is 400 g/mol. The summed E-state index contributed by atoms with van der Waals surface area (Å²) in [5, 5.41) is 50.4. The predicted octanol–water partition coefficient (Wildman–Crippen LogP) is -5.62. The van der Waals surface area contributed by atoms with Crippen molar-refractivity contribution in [1.29, 1.82) is 0 Å². The van der Waals surface area contributed by atoms with Gasteiger partial charge < -0.3 is 55.3 Å². The molecule has 0 aromatic rings. The molecule has 26 heavy (non-hydrogen) atoms. The fourth-order valence-electron chi connectivity index (χ4n) is 0. The molecule has 0 unspecified atom stereocenters. The van der Waals surface area contributed by atoms with Crippen molar-refractivity contribution in [1.82, 2.24) is 0 Å². The van der Waals surface area contributed by atoms with Gasteiger partial charge in [0.1, 0.15) is 0 Å². The van der Waals surface area contributed by atoms with Crippen LogP contribution in [0.15, 0.2) is 0 Å². The van der Waals surface area contributed by atoms with Gasteiger partial charge in [-0.05, 0) is 27.7 Å². The van der Waals surface area contributed by atoms with Gasteiger partial charge in [-0.15, -0.1) is 0 Å². The van der Waals surface area contributed by atoms with Crippen LogP contribution in [-0.2, 0) is 50.5 Å². The number of hydrogen-bond acceptors (Lipinski definition) is 10. The van der Waals surface area contributed by atoms with Crippen molar-refractivity contribution in [2.24, 2.45) is 0 Å². The van der Waals surface area contributed by atoms with E-state index >= 15 is 0 Å². The molecule has 0 heterocycles. The third-order valence-electron chi connectivity index (χ3n) is 0. The van der Waals surface area contributed by atoms with Gasteiger partial charge in [-0.2, -0.15) is 0 Å². The van der Waals surface area contributed by atoms with Crippen LogP contribution >= 0.6 is 0 Å². The summed E-state index contributed by atoms with van der Waals surface area (Å²) in [5.41, 5.74) is 0. The maximum Gasteiger partial charge on any atom is 4.00 e. The van der Waals surface area contributed by atoms with Crippen molar-refractivity contribution < 1.29 is 86.6 Å². The molecule has 0 saturated heterocycles. The number of hydrogen-bond donors (Lipinski definition) is 2. The summed E-state index contributed by atoms with van der Waals surface area (Å²) in [6.45, 7) is 6.06. The number of aliphatic carboxylic acids is 6. The van der Waals surface area contributed by atoms with Gasteiger partial charge in [-0.25, -0.2) is 0 Å². The van der Waals surface area contributed by atoms with Crippen molar-refractivity contribution in [2.75, 3.05) is 0 Å². The Bertz CT molecular complexity index is 262. The van der Waals surface area contributed by atoms with E-state index in [-0.39, 0.29) is 27.2 Å². The molecular formula is C12H22O13Ti. The molecule has 0 aromatic heterocycles. The molecule has 0 bridgehead atoms. The molecule has 0 aliphatic rings. The maximum absolute atomic E-state index is 9.00. The zero-order chi connectivity index (χ0) is 21.5. The number of carboxylic acids is 6. The van der Waals surface area contributed by atoms with Crippen LogP contribution in [-0.4, -0.2) is 51.5 Å². The first-order valence-corrected chi connectivity index (χ1v) is 5.49. The Morgan fingerprint density at radius 2 is 0.500 bits per heavy atom. The zero-order valence-corrected chi connectivity index (χ0v) is 16.5. The smallest absolute Gasteiger partial charge is 0.550 e. The Morgan fingerprint density at radius 3 is 0.500 bits per heavy atom. The van der Waals surface area contributed by atoms with E-state index in [1.165, 1.54) is 0 Å². The normalized spacial score (nSPS) is 5.77. The standard InChI is InChI=1S/6C2H4O2.H2O.Ti/c6*1-2(3)4;;/h6*1H3,(H,3,4);1H2;/q;;;;;;;+4/p-4. The van der Waals surface area contributed by atoms with E-state index in [4.69, 9.17) is 59.4 Å². The Hall–Kier alpha value is -2.51. The van der Waals surface area contributed by atoms with Crippen molar-refractivity contribution in [2.45, 2.75) is 41.5 Å². The van der Waals surface area contributed by atoms with Crippen molar-refractivity contribution in [3.05, 3.63) is 0 Å². The topological polar surface area (TPSA) is 267 Å². The maximum atomic E-state index is 9.00. The van der Waals surface area contributed by atoms with Gasteiger partial charge in [0, 0.05) is 37.7 Å². The van der Waals surface area contributed by atoms with E-state index in [0.717, 1.165) is 41.5 Å². The molecule has 0 atom stereocenters. The molecule has 13 nitrogen and oxygen atoms in total. The first-order valence-electron chi connectivity index (χ1n) is 5.49. The van der Waals surface area contributed by atoms with E-state index < -0.39 is 35.8 Å². The Labute approximate surface area is 164 Å². The molecule has 0 amide bonds. The molecule has 4 N–H and O–H groups in total. The largest absolute Gasteiger partial charge is 4.00 e. The molecule has 0 saturated carbocycles. The van der Waals surface area contributed by atoms with Gasteiger partial charge in [0.15, 0.2) is 0 Å². The SMILES string of the molecule is CC(=O)O.CC(=O)O.CC(=O)[O-].CC(=O)[O-].CC(=O)[O-].CC(=O)[O-].O.[Ti+4]. The molecule has 0 spiro atoms. The molecule has 0 aromatic carbocycles. The Kier molecular flexibility index (Phi) is 82.4. The Morgan fingerprint density at radius 1 is 0.500 bits per heavy atom. The number of rotatable bonds is 0. The molecule has 0 aliphatic carbocycles. The van der Waals surface area contributed by atoms with Gasteiger partial charge in [0.2, 0.25) is 0 Å². The van der Waals surface area contributed by atoms with E-state index in [1.54, 1.807) is 0 Å². The average molecular weight is 422 g/mol. The van der Waals surface area contributed by atoms with Crippen LogP contribution in [0, 0.1) is 0 Å². The van der Waals surface area contributed by atoms with Gasteiger partial charge >= 0.3 is 21.7 Å². The second-order valence-electron chi connectivity index (χ2n) is 3.00. The van der Waals surface area contributed by atoms with Crippen LogP contribution in [0.1, 0.15) is 41.5 Å². The minimum absolute atomic E-state index is 0. The van der Waals surface area contributed by atoms with E-state index in [0.29, 0.717) is 0 Å².